The molecule has 7 nitrogen and oxygen atoms in total. The highest BCUT2D eigenvalue weighted by molar-refractivity contribution is 5.99. The van der Waals surface area contributed by atoms with Crippen molar-refractivity contribution in [1.82, 2.24) is 15.1 Å². The molecule has 1 aromatic rings. The third-order valence-electron chi connectivity index (χ3n) is 3.88. The smallest absolute Gasteiger partial charge is 0.409 e. The van der Waals surface area contributed by atoms with Crippen LogP contribution in [0.2, 0.25) is 0 Å². The Kier molecular flexibility index (Phi) is 6.38. The van der Waals surface area contributed by atoms with E-state index >= 15 is 0 Å². The number of amides is 3. The van der Waals surface area contributed by atoms with Crippen LogP contribution < -0.4 is 5.32 Å². The second-order valence-corrected chi connectivity index (χ2v) is 6.19. The zero-order valence-corrected chi connectivity index (χ0v) is 14.9. The van der Waals surface area contributed by atoms with Crippen molar-refractivity contribution >= 4 is 17.9 Å². The number of nitrogens with zero attached hydrogens (tertiary/aromatic N) is 2. The molecule has 1 aliphatic rings. The quantitative estimate of drug-likeness (QED) is 0.900. The van der Waals surface area contributed by atoms with Crippen LogP contribution in [0.25, 0.3) is 0 Å². The summed E-state index contributed by atoms with van der Waals surface area (Å²) >= 11 is 0. The molecule has 1 fully saturated rings. The standard InChI is InChI=1S/C18H25N3O4/c1-4-25-18(24)21-10-8-20(9-11-21)17(23)15-7-5-6-14(12-15)16(22)19-13(2)3/h5-7,12-13H,4,8-11H2,1-3H3,(H,19,22). The summed E-state index contributed by atoms with van der Waals surface area (Å²) in [5.41, 5.74) is 0.936. The largest absolute Gasteiger partial charge is 0.450 e. The maximum atomic E-state index is 12.7. The van der Waals surface area contributed by atoms with Crippen molar-refractivity contribution in [3.05, 3.63) is 35.4 Å². The molecule has 0 unspecified atom stereocenters. The molecule has 25 heavy (non-hydrogen) atoms. The number of ether oxygens (including phenoxy) is 1. The Bertz CT molecular complexity index is 637. The van der Waals surface area contributed by atoms with Gasteiger partial charge in [-0.05, 0) is 39.0 Å². The Labute approximate surface area is 147 Å². The molecule has 1 N–H and O–H groups in total. The van der Waals surface area contributed by atoms with Gasteiger partial charge in [0.15, 0.2) is 0 Å². The van der Waals surface area contributed by atoms with Gasteiger partial charge in [0.25, 0.3) is 11.8 Å². The Balaban J connectivity index is 2.00. The summed E-state index contributed by atoms with van der Waals surface area (Å²) in [6, 6.07) is 6.73. The molecular weight excluding hydrogens is 322 g/mol. The van der Waals surface area contributed by atoms with Crippen LogP contribution in [-0.2, 0) is 4.74 Å². The predicted molar refractivity (Wildman–Crippen MR) is 93.5 cm³/mol. The van der Waals surface area contributed by atoms with Crippen LogP contribution in [0.3, 0.4) is 0 Å². The van der Waals surface area contributed by atoms with Crippen molar-refractivity contribution in [2.75, 3.05) is 32.8 Å². The van der Waals surface area contributed by atoms with Gasteiger partial charge in [-0.25, -0.2) is 4.79 Å². The van der Waals surface area contributed by atoms with E-state index in [2.05, 4.69) is 5.32 Å². The normalized spacial score (nSPS) is 14.4. The fraction of sp³-hybridized carbons (Fsp3) is 0.500. The second kappa shape index (κ2) is 8.50. The van der Waals surface area contributed by atoms with Gasteiger partial charge in [0.05, 0.1) is 6.61 Å². The number of benzene rings is 1. The van der Waals surface area contributed by atoms with Crippen molar-refractivity contribution < 1.29 is 19.1 Å². The molecule has 0 atom stereocenters. The lowest BCUT2D eigenvalue weighted by atomic mass is 10.1. The van der Waals surface area contributed by atoms with E-state index in [-0.39, 0.29) is 23.9 Å². The summed E-state index contributed by atoms with van der Waals surface area (Å²) in [4.78, 5) is 39.7. The number of nitrogens with one attached hydrogen (secondary N) is 1. The van der Waals surface area contributed by atoms with Gasteiger partial charge in [0.2, 0.25) is 0 Å². The SMILES string of the molecule is CCOC(=O)N1CCN(C(=O)c2cccc(C(=O)NC(C)C)c2)CC1. The zero-order valence-electron chi connectivity index (χ0n) is 14.9. The van der Waals surface area contributed by atoms with Crippen LogP contribution in [0.15, 0.2) is 24.3 Å². The highest BCUT2D eigenvalue weighted by Gasteiger charge is 2.25. The first-order valence-electron chi connectivity index (χ1n) is 8.54. The molecule has 136 valence electrons. The fourth-order valence-electron chi connectivity index (χ4n) is 2.63. The minimum Gasteiger partial charge on any atom is -0.450 e. The zero-order chi connectivity index (χ0) is 18.4. The molecule has 1 aromatic carbocycles. The molecule has 0 saturated carbocycles. The van der Waals surface area contributed by atoms with Crippen molar-refractivity contribution in [3.8, 4) is 0 Å². The Morgan fingerprint density at radius 2 is 1.68 bits per heavy atom. The van der Waals surface area contributed by atoms with Crippen LogP contribution in [0, 0.1) is 0 Å². The van der Waals surface area contributed by atoms with Crippen LogP contribution >= 0.6 is 0 Å². The minimum atomic E-state index is -0.345. The molecule has 1 saturated heterocycles. The van der Waals surface area contributed by atoms with Crippen LogP contribution in [0.1, 0.15) is 41.5 Å². The summed E-state index contributed by atoms with van der Waals surface area (Å²) in [6.07, 6.45) is -0.345. The number of hydrogen-bond donors (Lipinski definition) is 1. The third-order valence-corrected chi connectivity index (χ3v) is 3.88. The van der Waals surface area contributed by atoms with Gasteiger partial charge in [-0.15, -0.1) is 0 Å². The Morgan fingerprint density at radius 3 is 2.28 bits per heavy atom. The van der Waals surface area contributed by atoms with E-state index in [1.54, 1.807) is 41.0 Å². The van der Waals surface area contributed by atoms with Crippen LogP contribution in [-0.4, -0.2) is 66.5 Å². The van der Waals surface area contributed by atoms with Crippen LogP contribution in [0.4, 0.5) is 4.79 Å². The molecule has 7 heteroatoms. The maximum Gasteiger partial charge on any atom is 0.409 e. The lowest BCUT2D eigenvalue weighted by molar-refractivity contribution is 0.0570. The first kappa shape index (κ1) is 18.8. The van der Waals surface area contributed by atoms with Gasteiger partial charge < -0.3 is 19.9 Å². The molecule has 0 bridgehead atoms. The molecule has 0 spiro atoms. The van der Waals surface area contributed by atoms with Gasteiger partial charge in [0.1, 0.15) is 0 Å². The van der Waals surface area contributed by atoms with E-state index < -0.39 is 0 Å². The van der Waals surface area contributed by atoms with Gasteiger partial charge >= 0.3 is 6.09 Å². The fourth-order valence-corrected chi connectivity index (χ4v) is 2.63. The van der Waals surface area contributed by atoms with Crippen molar-refractivity contribution in [1.29, 1.82) is 0 Å². The average Bonchev–Trinajstić information content (AvgIpc) is 2.61. The lowest BCUT2D eigenvalue weighted by Crippen LogP contribution is -2.50. The van der Waals surface area contributed by atoms with Crippen molar-refractivity contribution in [2.24, 2.45) is 0 Å². The lowest BCUT2D eigenvalue weighted by Gasteiger charge is -2.34. The number of piperazine rings is 1. The highest BCUT2D eigenvalue weighted by atomic mass is 16.6. The molecular formula is C18H25N3O4. The van der Waals surface area contributed by atoms with E-state index in [0.717, 1.165) is 0 Å². The Morgan fingerprint density at radius 1 is 1.08 bits per heavy atom. The predicted octanol–water partition coefficient (Wildman–Crippen LogP) is 1.74. The number of hydrogen-bond acceptors (Lipinski definition) is 4. The minimum absolute atomic E-state index is 0.0304. The van der Waals surface area contributed by atoms with Crippen molar-refractivity contribution in [3.63, 3.8) is 0 Å². The number of carbonyl (C=O) groups excluding carboxylic acids is 3. The second-order valence-electron chi connectivity index (χ2n) is 6.19. The average molecular weight is 347 g/mol. The Hall–Kier alpha value is -2.57. The summed E-state index contributed by atoms with van der Waals surface area (Å²) in [5, 5.41) is 2.81. The summed E-state index contributed by atoms with van der Waals surface area (Å²) < 4.78 is 4.97. The van der Waals surface area contributed by atoms with E-state index in [1.807, 2.05) is 13.8 Å². The van der Waals surface area contributed by atoms with E-state index in [0.29, 0.717) is 43.9 Å². The van der Waals surface area contributed by atoms with Gasteiger partial charge in [0, 0.05) is 43.3 Å². The molecule has 0 aliphatic carbocycles. The van der Waals surface area contributed by atoms with E-state index in [4.69, 9.17) is 4.74 Å². The topological polar surface area (TPSA) is 79.0 Å². The van der Waals surface area contributed by atoms with Gasteiger partial charge in [-0.1, -0.05) is 6.07 Å². The first-order chi connectivity index (χ1) is 11.9. The van der Waals surface area contributed by atoms with Gasteiger partial charge in [-0.2, -0.15) is 0 Å². The van der Waals surface area contributed by atoms with Gasteiger partial charge in [-0.3, -0.25) is 9.59 Å². The number of carbonyl (C=O) groups is 3. The maximum absolute atomic E-state index is 12.7. The first-order valence-corrected chi connectivity index (χ1v) is 8.54. The summed E-state index contributed by atoms with van der Waals surface area (Å²) in [6.45, 7) is 7.64. The molecule has 3 amide bonds. The molecule has 1 aliphatic heterocycles. The van der Waals surface area contributed by atoms with Crippen LogP contribution in [0.5, 0.6) is 0 Å². The van der Waals surface area contributed by atoms with E-state index in [1.165, 1.54) is 0 Å². The summed E-state index contributed by atoms with van der Waals surface area (Å²) in [7, 11) is 0. The monoisotopic (exact) mass is 347 g/mol. The third kappa shape index (κ3) is 4.95. The van der Waals surface area contributed by atoms with E-state index in [9.17, 15) is 14.4 Å². The molecule has 0 aromatic heterocycles. The number of rotatable bonds is 4. The molecule has 0 radical (unpaired) electrons. The molecule has 2 rings (SSSR count). The molecule has 1 heterocycles. The highest BCUT2D eigenvalue weighted by Crippen LogP contribution is 2.12. The summed E-state index contributed by atoms with van der Waals surface area (Å²) in [5.74, 6) is -0.334. The van der Waals surface area contributed by atoms with Crippen molar-refractivity contribution in [2.45, 2.75) is 26.8 Å².